The number of methoxy groups -OCH3 is 1. The van der Waals surface area contributed by atoms with Gasteiger partial charge in [-0.15, -0.1) is 0 Å². The molecule has 0 fully saturated rings. The van der Waals surface area contributed by atoms with Gasteiger partial charge in [0.05, 0.1) is 17.3 Å². The van der Waals surface area contributed by atoms with Gasteiger partial charge >= 0.3 is 0 Å². The molecule has 0 aliphatic heterocycles. The Kier molecular flexibility index (Phi) is 8.30. The largest absolute Gasteiger partial charge is 0.383 e. The predicted octanol–water partition coefficient (Wildman–Crippen LogP) is 2.88. The molecule has 1 N–H and O–H groups in total. The van der Waals surface area contributed by atoms with Gasteiger partial charge in [-0.1, -0.05) is 17.7 Å². The van der Waals surface area contributed by atoms with Crippen molar-refractivity contribution in [1.29, 1.82) is 0 Å². The minimum Gasteiger partial charge on any atom is -0.383 e. The van der Waals surface area contributed by atoms with Gasteiger partial charge in [0, 0.05) is 39.5 Å². The summed E-state index contributed by atoms with van der Waals surface area (Å²) in [5.41, 5.74) is 2.29. The van der Waals surface area contributed by atoms with E-state index in [4.69, 9.17) is 16.3 Å². The van der Waals surface area contributed by atoms with Crippen LogP contribution in [0.3, 0.4) is 0 Å². The number of halogens is 1. The van der Waals surface area contributed by atoms with Crippen molar-refractivity contribution in [3.05, 3.63) is 28.8 Å². The van der Waals surface area contributed by atoms with Gasteiger partial charge in [0.15, 0.2) is 0 Å². The SMILES string of the molecule is COCCNCc1ccc(N(C)CCSC)c(Cl)c1. The molecule has 0 spiro atoms. The Balaban J connectivity index is 2.53. The molecule has 0 amide bonds. The van der Waals surface area contributed by atoms with E-state index in [2.05, 4.69) is 35.7 Å². The first-order valence-electron chi connectivity index (χ1n) is 6.37. The molecule has 0 aliphatic carbocycles. The van der Waals surface area contributed by atoms with Crippen LogP contribution < -0.4 is 10.2 Å². The molecule has 0 bridgehead atoms. The second-order valence-electron chi connectivity index (χ2n) is 4.37. The molecule has 1 rings (SSSR count). The highest BCUT2D eigenvalue weighted by molar-refractivity contribution is 7.98. The van der Waals surface area contributed by atoms with E-state index in [-0.39, 0.29) is 0 Å². The summed E-state index contributed by atoms with van der Waals surface area (Å²) >= 11 is 8.19. The molecule has 108 valence electrons. The second kappa shape index (κ2) is 9.48. The Hall–Kier alpha value is -0.420. The number of nitrogens with one attached hydrogen (secondary N) is 1. The molecule has 1 aromatic carbocycles. The second-order valence-corrected chi connectivity index (χ2v) is 5.76. The molecule has 0 aliphatic rings. The van der Waals surface area contributed by atoms with Crippen molar-refractivity contribution in [1.82, 2.24) is 5.32 Å². The van der Waals surface area contributed by atoms with Gasteiger partial charge in [0.25, 0.3) is 0 Å². The molecule has 0 atom stereocenters. The molecular formula is C14H23ClN2OS. The summed E-state index contributed by atoms with van der Waals surface area (Å²) in [6, 6.07) is 6.25. The van der Waals surface area contributed by atoms with E-state index in [0.717, 1.165) is 42.7 Å². The van der Waals surface area contributed by atoms with E-state index in [0.29, 0.717) is 0 Å². The van der Waals surface area contributed by atoms with E-state index in [9.17, 15) is 0 Å². The van der Waals surface area contributed by atoms with Crippen LogP contribution in [0.2, 0.25) is 5.02 Å². The lowest BCUT2D eigenvalue weighted by Crippen LogP contribution is -2.21. The summed E-state index contributed by atoms with van der Waals surface area (Å²) in [4.78, 5) is 2.20. The number of thioether (sulfide) groups is 1. The van der Waals surface area contributed by atoms with Gasteiger partial charge in [-0.3, -0.25) is 0 Å². The lowest BCUT2D eigenvalue weighted by molar-refractivity contribution is 0.199. The van der Waals surface area contributed by atoms with Gasteiger partial charge in [-0.2, -0.15) is 11.8 Å². The molecule has 0 saturated carbocycles. The van der Waals surface area contributed by atoms with Crippen LogP contribution in [0.15, 0.2) is 18.2 Å². The van der Waals surface area contributed by atoms with E-state index in [1.165, 1.54) is 5.56 Å². The summed E-state index contributed by atoms with van der Waals surface area (Å²) in [5, 5.41) is 4.13. The molecule has 0 saturated heterocycles. The van der Waals surface area contributed by atoms with Crippen LogP contribution in [-0.4, -0.2) is 45.9 Å². The molecular weight excluding hydrogens is 280 g/mol. The third-order valence-corrected chi connectivity index (χ3v) is 3.76. The van der Waals surface area contributed by atoms with Gasteiger partial charge in [-0.25, -0.2) is 0 Å². The highest BCUT2D eigenvalue weighted by Gasteiger charge is 2.06. The van der Waals surface area contributed by atoms with Crippen molar-refractivity contribution in [2.45, 2.75) is 6.54 Å². The molecule has 19 heavy (non-hydrogen) atoms. The van der Waals surface area contributed by atoms with E-state index < -0.39 is 0 Å². The van der Waals surface area contributed by atoms with Crippen LogP contribution in [0.4, 0.5) is 5.69 Å². The van der Waals surface area contributed by atoms with Crippen molar-refractivity contribution in [2.24, 2.45) is 0 Å². The number of hydrogen-bond donors (Lipinski definition) is 1. The zero-order valence-corrected chi connectivity index (χ0v) is 13.5. The van der Waals surface area contributed by atoms with Gasteiger partial charge in [-0.05, 0) is 24.0 Å². The van der Waals surface area contributed by atoms with Crippen molar-refractivity contribution < 1.29 is 4.74 Å². The quantitative estimate of drug-likeness (QED) is 0.709. The number of anilines is 1. The monoisotopic (exact) mass is 302 g/mol. The lowest BCUT2D eigenvalue weighted by Gasteiger charge is -2.20. The summed E-state index contributed by atoms with van der Waals surface area (Å²) in [6.45, 7) is 3.40. The summed E-state index contributed by atoms with van der Waals surface area (Å²) in [7, 11) is 3.78. The molecule has 0 radical (unpaired) electrons. The minimum atomic E-state index is 0.725. The first-order valence-corrected chi connectivity index (χ1v) is 8.14. The number of nitrogens with zero attached hydrogens (tertiary/aromatic N) is 1. The van der Waals surface area contributed by atoms with Gasteiger partial charge < -0.3 is 15.0 Å². The molecule has 0 heterocycles. The van der Waals surface area contributed by atoms with Crippen molar-refractivity contribution in [3.8, 4) is 0 Å². The minimum absolute atomic E-state index is 0.725. The zero-order chi connectivity index (χ0) is 14.1. The van der Waals surface area contributed by atoms with E-state index >= 15 is 0 Å². The topological polar surface area (TPSA) is 24.5 Å². The molecule has 5 heteroatoms. The average molecular weight is 303 g/mol. The van der Waals surface area contributed by atoms with Crippen molar-refractivity contribution in [3.63, 3.8) is 0 Å². The van der Waals surface area contributed by atoms with Crippen LogP contribution >= 0.6 is 23.4 Å². The predicted molar refractivity (Wildman–Crippen MR) is 86.7 cm³/mol. The molecule has 0 unspecified atom stereocenters. The van der Waals surface area contributed by atoms with Gasteiger partial charge in [0.1, 0.15) is 0 Å². The fourth-order valence-corrected chi connectivity index (χ4v) is 2.53. The van der Waals surface area contributed by atoms with Gasteiger partial charge in [0.2, 0.25) is 0 Å². The average Bonchev–Trinajstić information content (AvgIpc) is 2.41. The zero-order valence-electron chi connectivity index (χ0n) is 11.9. The summed E-state index contributed by atoms with van der Waals surface area (Å²) < 4.78 is 4.99. The summed E-state index contributed by atoms with van der Waals surface area (Å²) in [6.07, 6.45) is 2.12. The third kappa shape index (κ3) is 6.04. The number of hydrogen-bond acceptors (Lipinski definition) is 4. The van der Waals surface area contributed by atoms with Crippen LogP contribution in [0.1, 0.15) is 5.56 Å². The highest BCUT2D eigenvalue weighted by atomic mass is 35.5. The van der Waals surface area contributed by atoms with Crippen LogP contribution in [-0.2, 0) is 11.3 Å². The van der Waals surface area contributed by atoms with Crippen molar-refractivity contribution >= 4 is 29.1 Å². The number of ether oxygens (including phenoxy) is 1. The summed E-state index contributed by atoms with van der Waals surface area (Å²) in [5.74, 6) is 1.10. The first kappa shape index (κ1) is 16.6. The highest BCUT2D eigenvalue weighted by Crippen LogP contribution is 2.26. The van der Waals surface area contributed by atoms with Crippen LogP contribution in [0, 0.1) is 0 Å². The van der Waals surface area contributed by atoms with Crippen molar-refractivity contribution in [2.75, 3.05) is 50.8 Å². The molecule has 1 aromatic rings. The number of benzene rings is 1. The van der Waals surface area contributed by atoms with Crippen LogP contribution in [0.25, 0.3) is 0 Å². The fourth-order valence-electron chi connectivity index (χ4n) is 1.73. The fraction of sp³-hybridized carbons (Fsp3) is 0.571. The Morgan fingerprint density at radius 2 is 2.21 bits per heavy atom. The Labute approximate surface area is 125 Å². The smallest absolute Gasteiger partial charge is 0.0642 e. The Morgan fingerprint density at radius 3 is 2.84 bits per heavy atom. The third-order valence-electron chi connectivity index (χ3n) is 2.87. The standard InChI is InChI=1S/C14H23ClN2OS/c1-17(7-9-19-3)14-5-4-12(10-13(14)15)11-16-6-8-18-2/h4-5,10,16H,6-9,11H2,1-3H3. The Bertz CT molecular complexity index is 376. The normalized spacial score (nSPS) is 10.7. The lowest BCUT2D eigenvalue weighted by atomic mass is 10.2. The molecule has 0 aromatic heterocycles. The van der Waals surface area contributed by atoms with E-state index in [1.54, 1.807) is 7.11 Å². The Morgan fingerprint density at radius 1 is 1.42 bits per heavy atom. The van der Waals surface area contributed by atoms with E-state index in [1.807, 2.05) is 17.8 Å². The number of rotatable bonds is 9. The maximum Gasteiger partial charge on any atom is 0.0642 e. The molecule has 3 nitrogen and oxygen atoms in total. The maximum absolute atomic E-state index is 6.34. The maximum atomic E-state index is 6.34. The first-order chi connectivity index (χ1) is 9.19. The van der Waals surface area contributed by atoms with Crippen LogP contribution in [0.5, 0.6) is 0 Å².